The van der Waals surface area contributed by atoms with Gasteiger partial charge in [0.1, 0.15) is 43.2 Å². The van der Waals surface area contributed by atoms with Crippen LogP contribution in [-0.4, -0.2) is 93.4 Å². The van der Waals surface area contributed by atoms with Gasteiger partial charge in [-0.25, -0.2) is 0 Å². The average molecular weight is 507 g/mol. The van der Waals surface area contributed by atoms with E-state index >= 15 is 0 Å². The Bertz CT molecular complexity index is 621. The van der Waals surface area contributed by atoms with E-state index in [1.807, 2.05) is 6.92 Å². The second kappa shape index (κ2) is 13.4. The molecular formula is C17H31O11PS2. The van der Waals surface area contributed by atoms with E-state index < -0.39 is 60.4 Å². The van der Waals surface area contributed by atoms with Crippen LogP contribution in [0, 0.1) is 0 Å². The zero-order valence-electron chi connectivity index (χ0n) is 17.3. The summed E-state index contributed by atoms with van der Waals surface area (Å²) in [7, 11) is 0. The van der Waals surface area contributed by atoms with Crippen LogP contribution in [0.15, 0.2) is 0 Å². The van der Waals surface area contributed by atoms with Crippen LogP contribution in [-0.2, 0) is 39.9 Å². The molecule has 14 heteroatoms. The van der Waals surface area contributed by atoms with Crippen LogP contribution in [0.5, 0.6) is 0 Å². The molecule has 0 aromatic rings. The Morgan fingerprint density at radius 1 is 1.00 bits per heavy atom. The highest BCUT2D eigenvalue weighted by atomic mass is 32.9. The third-order valence-electron chi connectivity index (χ3n) is 4.50. The highest BCUT2D eigenvalue weighted by Crippen LogP contribution is 2.55. The van der Waals surface area contributed by atoms with Crippen molar-refractivity contribution in [3.05, 3.63) is 0 Å². The molecule has 0 aliphatic heterocycles. The van der Waals surface area contributed by atoms with Gasteiger partial charge in [-0.3, -0.25) is 9.59 Å². The minimum Gasteiger partial charge on any atom is -0.462 e. The van der Waals surface area contributed by atoms with Crippen molar-refractivity contribution in [2.24, 2.45) is 0 Å². The standard InChI is InChI=1S/C17H31O11PS2/c1-3-4-5-6-11(19)25-7-10(27-9(2)18)8-26-29(30,31)28-17-15(23)13(21)12(20)14(22)16(17)24/h10,12-17,20-24H,3-8H2,1-2H3,(H,30,31)/t10-,12?,13-,14+,15-,16-,17?/m1/s1. The van der Waals surface area contributed by atoms with Crippen molar-refractivity contribution < 1.29 is 53.6 Å². The van der Waals surface area contributed by atoms with Gasteiger partial charge in [0, 0.05) is 13.3 Å². The fourth-order valence-electron chi connectivity index (χ4n) is 2.81. The average Bonchev–Trinajstić information content (AvgIpc) is 2.70. The number of aliphatic hydroxyl groups excluding tert-OH is 5. The molecule has 0 radical (unpaired) electrons. The quantitative estimate of drug-likeness (QED) is 0.0862. The first-order valence-corrected chi connectivity index (χ1v) is 13.6. The van der Waals surface area contributed by atoms with Crippen molar-refractivity contribution >= 4 is 41.7 Å². The van der Waals surface area contributed by atoms with Crippen LogP contribution in [0.3, 0.4) is 0 Å². The molecule has 1 aliphatic rings. The summed E-state index contributed by atoms with van der Waals surface area (Å²) in [5, 5.41) is 49.2. The van der Waals surface area contributed by atoms with Crippen LogP contribution < -0.4 is 0 Å². The number of hydrogen-bond donors (Lipinski definition) is 6. The number of thiol groups is 1. The third-order valence-corrected chi connectivity index (χ3v) is 6.69. The van der Waals surface area contributed by atoms with E-state index in [9.17, 15) is 35.1 Å². The van der Waals surface area contributed by atoms with Crippen LogP contribution in [0.2, 0.25) is 0 Å². The smallest absolute Gasteiger partial charge is 0.305 e. The number of rotatable bonds is 12. The molecular weight excluding hydrogens is 475 g/mol. The number of esters is 2. The molecule has 0 saturated heterocycles. The third kappa shape index (κ3) is 9.58. The topological polar surface area (TPSA) is 172 Å². The van der Waals surface area contributed by atoms with Gasteiger partial charge in [-0.2, -0.15) is 0 Å². The van der Waals surface area contributed by atoms with Gasteiger partial charge in [-0.05, 0) is 18.2 Å². The molecule has 1 fully saturated rings. The zero-order valence-corrected chi connectivity index (χ0v) is 19.9. The molecule has 0 heterocycles. The lowest BCUT2D eigenvalue weighted by atomic mass is 9.85. The number of carbonyl (C=O) groups is 2. The molecule has 0 bridgehead atoms. The molecule has 3 unspecified atom stereocenters. The number of ether oxygens (including phenoxy) is 2. The monoisotopic (exact) mass is 506 g/mol. The molecule has 0 spiro atoms. The molecule has 1 saturated carbocycles. The number of hydrogen-bond acceptors (Lipinski definition) is 12. The first-order valence-electron chi connectivity index (χ1n) is 9.78. The lowest BCUT2D eigenvalue weighted by Gasteiger charge is -2.42. The minimum atomic E-state index is -3.50. The Labute approximate surface area is 191 Å². The van der Waals surface area contributed by atoms with E-state index in [2.05, 4.69) is 12.2 Å². The van der Waals surface area contributed by atoms with Crippen molar-refractivity contribution in [3.63, 3.8) is 0 Å². The Morgan fingerprint density at radius 2 is 1.55 bits per heavy atom. The fourth-order valence-corrected chi connectivity index (χ4v) is 4.79. The first-order chi connectivity index (χ1) is 14.4. The molecule has 0 aromatic carbocycles. The Balaban J connectivity index is 2.66. The summed E-state index contributed by atoms with van der Waals surface area (Å²) >= 11 is 9.19. The molecule has 11 nitrogen and oxygen atoms in total. The van der Waals surface area contributed by atoms with Gasteiger partial charge in [0.15, 0.2) is 6.10 Å². The number of unbranched alkanes of at least 4 members (excludes halogenated alkanes) is 2. The molecule has 8 atom stereocenters. The van der Waals surface area contributed by atoms with Gasteiger partial charge in [-0.1, -0.05) is 32.0 Å². The van der Waals surface area contributed by atoms with Gasteiger partial charge in [0.2, 0.25) is 5.69 Å². The number of carbonyl (C=O) groups excluding carboxylic acids is 2. The van der Waals surface area contributed by atoms with Crippen molar-refractivity contribution in [2.75, 3.05) is 13.2 Å². The van der Waals surface area contributed by atoms with Crippen LogP contribution in [0.25, 0.3) is 0 Å². The van der Waals surface area contributed by atoms with Gasteiger partial charge < -0.3 is 44.1 Å². The fraction of sp³-hybridized carbons (Fsp3) is 0.882. The highest BCUT2D eigenvalue weighted by Gasteiger charge is 2.50. The van der Waals surface area contributed by atoms with Crippen LogP contribution in [0.1, 0.15) is 39.5 Å². The maximum atomic E-state index is 11.8. The van der Waals surface area contributed by atoms with E-state index in [4.69, 9.17) is 30.3 Å². The predicted molar refractivity (Wildman–Crippen MR) is 115 cm³/mol. The van der Waals surface area contributed by atoms with Gasteiger partial charge in [0.05, 0.1) is 6.61 Å². The van der Waals surface area contributed by atoms with E-state index in [-0.39, 0.29) is 19.6 Å². The Kier molecular flexibility index (Phi) is 12.4. The summed E-state index contributed by atoms with van der Waals surface area (Å²) in [6.07, 6.45) is -8.82. The summed E-state index contributed by atoms with van der Waals surface area (Å²) in [6.45, 7) is 2.51. The lowest BCUT2D eigenvalue weighted by molar-refractivity contribution is -0.216. The summed E-state index contributed by atoms with van der Waals surface area (Å²) in [5.74, 6) is -1.11. The maximum absolute atomic E-state index is 11.8. The maximum Gasteiger partial charge on any atom is 0.305 e. The Hall–Kier alpha value is -0.340. The SMILES string of the molecule is CCCCCC(=O)OC[C@H](COP(=S)(S)OC1[C@H](O)[C@H](O)C(O)[C@H](O)[C@H]1O)OC(C)=O. The molecule has 1 aliphatic carbocycles. The molecule has 5 N–H and O–H groups in total. The lowest BCUT2D eigenvalue weighted by Crippen LogP contribution is -2.64. The van der Waals surface area contributed by atoms with Crippen molar-refractivity contribution in [1.29, 1.82) is 0 Å². The van der Waals surface area contributed by atoms with Crippen molar-refractivity contribution in [1.82, 2.24) is 0 Å². The normalized spacial score (nSPS) is 31.5. The first kappa shape index (κ1) is 28.7. The number of aliphatic hydroxyl groups is 5. The van der Waals surface area contributed by atoms with Gasteiger partial charge in [0.25, 0.3) is 0 Å². The Morgan fingerprint density at radius 3 is 2.06 bits per heavy atom. The molecule has 182 valence electrons. The summed E-state index contributed by atoms with van der Waals surface area (Å²) in [5.41, 5.74) is -3.50. The summed E-state index contributed by atoms with van der Waals surface area (Å²) in [6, 6.07) is 0. The van der Waals surface area contributed by atoms with E-state index in [1.165, 1.54) is 0 Å². The second-order valence-corrected chi connectivity index (χ2v) is 12.4. The van der Waals surface area contributed by atoms with Crippen molar-refractivity contribution in [3.8, 4) is 0 Å². The predicted octanol–water partition coefficient (Wildman–Crippen LogP) is -0.584. The van der Waals surface area contributed by atoms with Gasteiger partial charge >= 0.3 is 11.9 Å². The van der Waals surface area contributed by atoms with E-state index in [1.54, 1.807) is 0 Å². The molecule has 0 aromatic heterocycles. The highest BCUT2D eigenvalue weighted by molar-refractivity contribution is 8.60. The van der Waals surface area contributed by atoms with Crippen LogP contribution >= 0.6 is 17.9 Å². The van der Waals surface area contributed by atoms with Crippen molar-refractivity contribution in [2.45, 2.75) is 82.3 Å². The zero-order chi connectivity index (χ0) is 23.8. The molecule has 0 amide bonds. The molecule has 31 heavy (non-hydrogen) atoms. The van der Waals surface area contributed by atoms with Gasteiger partial charge in [-0.15, -0.1) is 0 Å². The van der Waals surface area contributed by atoms with Crippen LogP contribution in [0.4, 0.5) is 0 Å². The summed E-state index contributed by atoms with van der Waals surface area (Å²) in [4.78, 5) is 23.1. The second-order valence-electron chi connectivity index (χ2n) is 7.16. The van der Waals surface area contributed by atoms with E-state index in [0.29, 0.717) is 6.42 Å². The van der Waals surface area contributed by atoms with E-state index in [0.717, 1.165) is 19.8 Å². The minimum absolute atomic E-state index is 0.225. The molecule has 1 rings (SSSR count). The largest absolute Gasteiger partial charge is 0.462 e. The summed E-state index contributed by atoms with van der Waals surface area (Å²) < 4.78 is 20.8.